The predicted molar refractivity (Wildman–Crippen MR) is 127 cm³/mol. The Kier molecular flexibility index (Phi) is 5.30. The lowest BCUT2D eigenvalue weighted by atomic mass is 9.77. The molecule has 0 bridgehead atoms. The number of nitro groups is 1. The number of hydrogen-bond donors (Lipinski definition) is 0. The van der Waals surface area contributed by atoms with Crippen molar-refractivity contribution >= 4 is 17.3 Å². The van der Waals surface area contributed by atoms with E-state index in [1.54, 1.807) is 19.2 Å². The number of methoxy groups -OCH3 is 1. The molecule has 0 fully saturated rings. The molecule has 5 rings (SSSR count). The second kappa shape index (κ2) is 8.27. The van der Waals surface area contributed by atoms with E-state index in [1.807, 2.05) is 18.2 Å². The monoisotopic (exact) mass is 425 g/mol. The first kappa shape index (κ1) is 20.5. The van der Waals surface area contributed by atoms with Gasteiger partial charge in [0.25, 0.3) is 5.69 Å². The zero-order chi connectivity index (χ0) is 22.2. The van der Waals surface area contributed by atoms with E-state index in [0.29, 0.717) is 5.92 Å². The van der Waals surface area contributed by atoms with Crippen LogP contribution in [0.2, 0.25) is 0 Å². The summed E-state index contributed by atoms with van der Waals surface area (Å²) in [5, 5.41) is 16.0. The highest BCUT2D eigenvalue weighted by Crippen LogP contribution is 2.34. The lowest BCUT2D eigenvalue weighted by Gasteiger charge is -2.27. The second-order valence-corrected chi connectivity index (χ2v) is 8.76. The zero-order valence-electron chi connectivity index (χ0n) is 18.6. The van der Waals surface area contributed by atoms with Gasteiger partial charge in [-0.3, -0.25) is 10.1 Å². The Bertz CT molecular complexity index is 1420. The van der Waals surface area contributed by atoms with Gasteiger partial charge in [-0.05, 0) is 93.8 Å². The van der Waals surface area contributed by atoms with E-state index in [-0.39, 0.29) is 10.6 Å². The standard InChI is InChI=1S/C28H27NO3/c1-3-19-6-7-21(16-18-4-11-23(32-2)12-5-18)24-14-15-25-26(28(19)24)13-9-20-8-10-22(29(30)31)17-27(20)25/h4-5,8-12,14-15,17,19H,3,6-7,13,16H2,1-2H3. The molecule has 3 aromatic carbocycles. The average molecular weight is 426 g/mol. The van der Waals surface area contributed by atoms with Gasteiger partial charge in [0.2, 0.25) is 0 Å². The fourth-order valence-electron chi connectivity index (χ4n) is 5.40. The van der Waals surface area contributed by atoms with Gasteiger partial charge in [0.05, 0.1) is 12.0 Å². The summed E-state index contributed by atoms with van der Waals surface area (Å²) < 4.78 is 5.31. The van der Waals surface area contributed by atoms with Gasteiger partial charge >= 0.3 is 0 Å². The van der Waals surface area contributed by atoms with E-state index in [2.05, 4.69) is 37.3 Å². The highest BCUT2D eigenvalue weighted by molar-refractivity contribution is 5.58. The first-order chi connectivity index (χ1) is 15.6. The molecule has 0 aliphatic heterocycles. The fraction of sp³-hybridized carbons (Fsp3) is 0.286. The normalized spacial score (nSPS) is 16.4. The quantitative estimate of drug-likeness (QED) is 0.431. The molecule has 0 saturated carbocycles. The summed E-state index contributed by atoms with van der Waals surface area (Å²) in [6.45, 7) is 2.27. The molecule has 3 aromatic rings. The van der Waals surface area contributed by atoms with E-state index < -0.39 is 0 Å². The average Bonchev–Trinajstić information content (AvgIpc) is 2.83. The Morgan fingerprint density at radius 2 is 1.81 bits per heavy atom. The van der Waals surface area contributed by atoms with Crippen LogP contribution in [0.5, 0.6) is 5.75 Å². The molecule has 0 spiro atoms. The number of benzene rings is 3. The fourth-order valence-corrected chi connectivity index (χ4v) is 5.40. The van der Waals surface area contributed by atoms with Crippen molar-refractivity contribution in [3.8, 4) is 5.75 Å². The minimum Gasteiger partial charge on any atom is -0.497 e. The van der Waals surface area contributed by atoms with Crippen molar-refractivity contribution in [2.24, 2.45) is 0 Å². The predicted octanol–water partition coefficient (Wildman–Crippen LogP) is 4.91. The highest BCUT2D eigenvalue weighted by Gasteiger charge is 2.23. The molecule has 2 aliphatic rings. The molecule has 4 nitrogen and oxygen atoms in total. The number of ether oxygens (including phenoxy) is 1. The van der Waals surface area contributed by atoms with Crippen molar-refractivity contribution in [3.63, 3.8) is 0 Å². The van der Waals surface area contributed by atoms with Gasteiger partial charge in [0.15, 0.2) is 0 Å². The van der Waals surface area contributed by atoms with Crippen LogP contribution in [0.4, 0.5) is 5.69 Å². The van der Waals surface area contributed by atoms with Crippen LogP contribution in [-0.4, -0.2) is 12.0 Å². The maximum Gasteiger partial charge on any atom is 0.270 e. The number of rotatable bonds is 5. The Morgan fingerprint density at radius 3 is 2.53 bits per heavy atom. The molecule has 0 radical (unpaired) electrons. The molecule has 4 heteroatoms. The summed E-state index contributed by atoms with van der Waals surface area (Å²) in [6, 6.07) is 18.0. The van der Waals surface area contributed by atoms with E-state index in [9.17, 15) is 10.1 Å². The van der Waals surface area contributed by atoms with E-state index in [4.69, 9.17) is 4.74 Å². The molecule has 0 saturated heterocycles. The highest BCUT2D eigenvalue weighted by atomic mass is 16.6. The van der Waals surface area contributed by atoms with Crippen molar-refractivity contribution in [2.75, 3.05) is 7.11 Å². The van der Waals surface area contributed by atoms with Crippen LogP contribution in [0.25, 0.3) is 11.6 Å². The third-order valence-corrected chi connectivity index (χ3v) is 7.07. The molecule has 0 heterocycles. The molecule has 2 aliphatic carbocycles. The Hall–Kier alpha value is -3.40. The molecule has 1 atom stereocenters. The Balaban J connectivity index is 1.73. The number of nitrogens with zero attached hydrogens (tertiary/aromatic N) is 1. The van der Waals surface area contributed by atoms with Crippen LogP contribution < -0.4 is 15.2 Å². The van der Waals surface area contributed by atoms with Crippen molar-refractivity contribution in [1.29, 1.82) is 0 Å². The van der Waals surface area contributed by atoms with Crippen LogP contribution in [0.3, 0.4) is 0 Å². The minimum atomic E-state index is -0.303. The summed E-state index contributed by atoms with van der Waals surface area (Å²) in [5.74, 6) is 1.42. The molecular weight excluding hydrogens is 398 g/mol. The lowest BCUT2D eigenvalue weighted by molar-refractivity contribution is -0.384. The van der Waals surface area contributed by atoms with Crippen LogP contribution in [0, 0.1) is 20.6 Å². The Labute approximate surface area is 187 Å². The summed E-state index contributed by atoms with van der Waals surface area (Å²) >= 11 is 0. The maximum atomic E-state index is 11.4. The second-order valence-electron chi connectivity index (χ2n) is 8.76. The summed E-state index contributed by atoms with van der Waals surface area (Å²) in [7, 11) is 1.69. The van der Waals surface area contributed by atoms with E-state index in [1.165, 1.54) is 27.5 Å². The van der Waals surface area contributed by atoms with Gasteiger partial charge in [0, 0.05) is 12.1 Å². The SMILES string of the molecule is CCC1CCC(Cc2ccc(OC)cc2)=c2ccc3c(c21)CC=c1ccc([N+](=O)[O-])cc1=3. The van der Waals surface area contributed by atoms with Crippen LogP contribution in [0.1, 0.15) is 48.8 Å². The first-order valence-electron chi connectivity index (χ1n) is 11.3. The van der Waals surface area contributed by atoms with Gasteiger partial charge in [-0.1, -0.05) is 42.8 Å². The topological polar surface area (TPSA) is 52.4 Å². The smallest absolute Gasteiger partial charge is 0.270 e. The molecule has 0 aromatic heterocycles. The minimum absolute atomic E-state index is 0.154. The molecule has 0 N–H and O–H groups in total. The molecule has 0 amide bonds. The Morgan fingerprint density at radius 1 is 1.03 bits per heavy atom. The van der Waals surface area contributed by atoms with Crippen molar-refractivity contribution in [1.82, 2.24) is 0 Å². The van der Waals surface area contributed by atoms with Crippen LogP contribution in [-0.2, 0) is 12.8 Å². The summed E-state index contributed by atoms with van der Waals surface area (Å²) in [4.78, 5) is 11.1. The zero-order valence-corrected chi connectivity index (χ0v) is 18.6. The maximum absolute atomic E-state index is 11.4. The number of hydrogen-bond acceptors (Lipinski definition) is 3. The van der Waals surface area contributed by atoms with Crippen LogP contribution >= 0.6 is 0 Å². The number of fused-ring (bicyclic) bond motifs is 4. The van der Waals surface area contributed by atoms with E-state index in [0.717, 1.165) is 53.5 Å². The first-order valence-corrected chi connectivity index (χ1v) is 11.3. The van der Waals surface area contributed by atoms with Gasteiger partial charge < -0.3 is 4.74 Å². The lowest BCUT2D eigenvalue weighted by Crippen LogP contribution is -2.26. The third kappa shape index (κ3) is 3.50. The van der Waals surface area contributed by atoms with Gasteiger partial charge in [-0.15, -0.1) is 0 Å². The summed E-state index contributed by atoms with van der Waals surface area (Å²) in [5.41, 5.74) is 5.76. The van der Waals surface area contributed by atoms with Gasteiger partial charge in [-0.25, -0.2) is 0 Å². The van der Waals surface area contributed by atoms with Crippen molar-refractivity contribution in [2.45, 2.75) is 44.9 Å². The molecule has 1 unspecified atom stereocenters. The largest absolute Gasteiger partial charge is 0.497 e. The molecular formula is C28H27NO3. The molecule has 32 heavy (non-hydrogen) atoms. The van der Waals surface area contributed by atoms with Gasteiger partial charge in [0.1, 0.15) is 5.75 Å². The molecule has 162 valence electrons. The van der Waals surface area contributed by atoms with Crippen molar-refractivity contribution in [3.05, 3.63) is 102 Å². The number of non-ortho nitro benzene ring substituents is 1. The van der Waals surface area contributed by atoms with Crippen LogP contribution in [0.15, 0.2) is 54.6 Å². The van der Waals surface area contributed by atoms with Gasteiger partial charge in [-0.2, -0.15) is 0 Å². The van der Waals surface area contributed by atoms with Crippen molar-refractivity contribution < 1.29 is 9.66 Å². The van der Waals surface area contributed by atoms with E-state index >= 15 is 0 Å². The number of nitro benzene ring substituents is 1. The third-order valence-electron chi connectivity index (χ3n) is 7.07. The summed E-state index contributed by atoms with van der Waals surface area (Å²) in [6.07, 6.45) is 7.44.